The molecule has 1 fully saturated rings. The first-order valence-corrected chi connectivity index (χ1v) is 8.32. The Morgan fingerprint density at radius 1 is 1.24 bits per heavy atom. The van der Waals surface area contributed by atoms with Crippen molar-refractivity contribution in [3.8, 4) is 0 Å². The van der Waals surface area contributed by atoms with Crippen LogP contribution >= 0.6 is 11.6 Å². The van der Waals surface area contributed by atoms with Gasteiger partial charge in [0.15, 0.2) is 6.61 Å². The number of halogens is 1. The van der Waals surface area contributed by atoms with Crippen molar-refractivity contribution in [3.63, 3.8) is 0 Å². The molecule has 0 saturated heterocycles. The Labute approximate surface area is 149 Å². The van der Waals surface area contributed by atoms with E-state index in [-0.39, 0.29) is 22.7 Å². The fraction of sp³-hybridized carbons (Fsp3) is 0.278. The second-order valence-electron chi connectivity index (χ2n) is 5.95. The largest absolute Gasteiger partial charge is 0.452 e. The Kier molecular flexibility index (Phi) is 5.19. The van der Waals surface area contributed by atoms with Crippen molar-refractivity contribution < 1.29 is 14.3 Å². The minimum absolute atomic E-state index is 0.00310. The van der Waals surface area contributed by atoms with Gasteiger partial charge in [-0.3, -0.25) is 9.59 Å². The number of nitrogens with one attached hydrogen (secondary N) is 2. The predicted molar refractivity (Wildman–Crippen MR) is 92.4 cm³/mol. The van der Waals surface area contributed by atoms with Gasteiger partial charge in [-0.25, -0.2) is 4.79 Å². The van der Waals surface area contributed by atoms with Crippen LogP contribution in [-0.4, -0.2) is 23.5 Å². The van der Waals surface area contributed by atoms with E-state index in [0.29, 0.717) is 5.92 Å². The van der Waals surface area contributed by atoms with Crippen molar-refractivity contribution in [2.75, 3.05) is 6.61 Å². The predicted octanol–water partition coefficient (Wildman–Crippen LogP) is 2.45. The lowest BCUT2D eigenvalue weighted by Crippen LogP contribution is -2.33. The van der Waals surface area contributed by atoms with Crippen molar-refractivity contribution in [2.45, 2.75) is 18.9 Å². The van der Waals surface area contributed by atoms with Crippen LogP contribution in [0.3, 0.4) is 0 Å². The molecule has 1 amide bonds. The average Bonchev–Trinajstić information content (AvgIpc) is 3.42. The summed E-state index contributed by atoms with van der Waals surface area (Å²) in [5.74, 6) is -0.746. The lowest BCUT2D eigenvalue weighted by Gasteiger charge is -2.18. The lowest BCUT2D eigenvalue weighted by molar-refractivity contribution is -0.125. The number of aromatic nitrogens is 1. The number of aromatic amines is 1. The van der Waals surface area contributed by atoms with E-state index in [1.807, 2.05) is 30.3 Å². The number of rotatable bonds is 6. The molecule has 0 radical (unpaired) electrons. The summed E-state index contributed by atoms with van der Waals surface area (Å²) in [7, 11) is 0. The molecule has 7 heteroatoms. The Hall–Kier alpha value is -2.60. The number of carbonyl (C=O) groups excluding carboxylic acids is 2. The van der Waals surface area contributed by atoms with E-state index < -0.39 is 18.1 Å². The van der Waals surface area contributed by atoms with Crippen LogP contribution < -0.4 is 10.9 Å². The molecule has 1 atom stereocenters. The smallest absolute Gasteiger partial charge is 0.338 e. The second kappa shape index (κ2) is 7.53. The maximum Gasteiger partial charge on any atom is 0.338 e. The minimum Gasteiger partial charge on any atom is -0.452 e. The first-order valence-electron chi connectivity index (χ1n) is 7.94. The quantitative estimate of drug-likeness (QED) is 0.611. The van der Waals surface area contributed by atoms with Crippen LogP contribution in [0.4, 0.5) is 0 Å². The molecule has 25 heavy (non-hydrogen) atoms. The van der Waals surface area contributed by atoms with E-state index in [1.54, 1.807) is 0 Å². The average molecular weight is 361 g/mol. The standard InChI is InChI=1S/C18H17ClN2O4/c19-14-8-13(9-15(22)20-14)18(24)25-10-16(23)21-17(12-6-7-12)11-4-2-1-3-5-11/h1-5,8-9,12,17H,6-7,10H2,(H,20,22)(H,21,23)/t17-/m1/s1. The number of benzene rings is 1. The van der Waals surface area contributed by atoms with Crippen LogP contribution in [-0.2, 0) is 9.53 Å². The molecule has 1 aromatic heterocycles. The summed E-state index contributed by atoms with van der Waals surface area (Å²) in [4.78, 5) is 37.7. The third kappa shape index (κ3) is 4.70. The van der Waals surface area contributed by atoms with Crippen molar-refractivity contribution in [1.29, 1.82) is 0 Å². The molecule has 1 saturated carbocycles. The first-order chi connectivity index (χ1) is 12.0. The van der Waals surface area contributed by atoms with Crippen LogP contribution in [0.1, 0.15) is 34.8 Å². The summed E-state index contributed by atoms with van der Waals surface area (Å²) in [6, 6.07) is 12.0. The van der Waals surface area contributed by atoms with Crippen LogP contribution in [0, 0.1) is 5.92 Å². The van der Waals surface area contributed by atoms with E-state index in [1.165, 1.54) is 6.07 Å². The zero-order valence-corrected chi connectivity index (χ0v) is 14.1. The number of ether oxygens (including phenoxy) is 1. The number of esters is 1. The molecule has 0 aliphatic heterocycles. The molecule has 0 unspecified atom stereocenters. The van der Waals surface area contributed by atoms with Gasteiger partial charge in [0.2, 0.25) is 5.56 Å². The van der Waals surface area contributed by atoms with Crippen LogP contribution in [0.15, 0.2) is 47.3 Å². The maximum absolute atomic E-state index is 12.1. The van der Waals surface area contributed by atoms with Crippen LogP contribution in [0.2, 0.25) is 5.15 Å². The first kappa shape index (κ1) is 17.2. The fourth-order valence-electron chi connectivity index (χ4n) is 2.62. The summed E-state index contributed by atoms with van der Waals surface area (Å²) < 4.78 is 4.97. The number of pyridine rings is 1. The van der Waals surface area contributed by atoms with Gasteiger partial charge in [-0.05, 0) is 30.4 Å². The van der Waals surface area contributed by atoms with E-state index in [0.717, 1.165) is 24.5 Å². The molecule has 1 aromatic carbocycles. The molecule has 1 heterocycles. The zero-order chi connectivity index (χ0) is 17.8. The molecular formula is C18H17ClN2O4. The van der Waals surface area contributed by atoms with Gasteiger partial charge in [0.1, 0.15) is 5.15 Å². The highest BCUT2D eigenvalue weighted by Crippen LogP contribution is 2.40. The Balaban J connectivity index is 1.58. The van der Waals surface area contributed by atoms with E-state index >= 15 is 0 Å². The molecule has 130 valence electrons. The van der Waals surface area contributed by atoms with Crippen molar-refractivity contribution >= 4 is 23.5 Å². The summed E-state index contributed by atoms with van der Waals surface area (Å²) >= 11 is 5.69. The van der Waals surface area contributed by atoms with E-state index in [9.17, 15) is 14.4 Å². The Bertz CT molecular complexity index is 830. The highest BCUT2D eigenvalue weighted by Gasteiger charge is 2.33. The summed E-state index contributed by atoms with van der Waals surface area (Å²) in [5.41, 5.74) is 0.524. The lowest BCUT2D eigenvalue weighted by atomic mass is 10.0. The monoisotopic (exact) mass is 360 g/mol. The van der Waals surface area contributed by atoms with Crippen molar-refractivity contribution in [2.24, 2.45) is 5.92 Å². The number of H-pyrrole nitrogens is 1. The molecular weight excluding hydrogens is 344 g/mol. The maximum atomic E-state index is 12.1. The number of amides is 1. The van der Waals surface area contributed by atoms with Gasteiger partial charge in [-0.15, -0.1) is 0 Å². The van der Waals surface area contributed by atoms with Gasteiger partial charge >= 0.3 is 5.97 Å². The van der Waals surface area contributed by atoms with E-state index in [2.05, 4.69) is 10.3 Å². The minimum atomic E-state index is -0.772. The number of hydrogen-bond donors (Lipinski definition) is 2. The molecule has 0 bridgehead atoms. The van der Waals surface area contributed by atoms with Crippen molar-refractivity contribution in [1.82, 2.24) is 10.3 Å². The number of carbonyl (C=O) groups is 2. The van der Waals surface area contributed by atoms with Crippen LogP contribution in [0.5, 0.6) is 0 Å². The van der Waals surface area contributed by atoms with Crippen molar-refractivity contribution in [3.05, 3.63) is 69.1 Å². The molecule has 1 aliphatic carbocycles. The normalized spacial score (nSPS) is 14.6. The van der Waals surface area contributed by atoms with E-state index in [4.69, 9.17) is 16.3 Å². The van der Waals surface area contributed by atoms with Crippen LogP contribution in [0.25, 0.3) is 0 Å². The highest BCUT2D eigenvalue weighted by molar-refractivity contribution is 6.29. The van der Waals surface area contributed by atoms with Gasteiger partial charge in [-0.1, -0.05) is 41.9 Å². The Morgan fingerprint density at radius 3 is 2.60 bits per heavy atom. The summed E-state index contributed by atoms with van der Waals surface area (Å²) in [5, 5.41) is 2.94. The number of hydrogen-bond acceptors (Lipinski definition) is 4. The molecule has 2 N–H and O–H groups in total. The van der Waals surface area contributed by atoms with Gasteiger partial charge < -0.3 is 15.0 Å². The molecule has 2 aromatic rings. The van der Waals surface area contributed by atoms with Gasteiger partial charge in [0, 0.05) is 6.07 Å². The van der Waals surface area contributed by atoms with Gasteiger partial charge in [0.25, 0.3) is 5.91 Å². The second-order valence-corrected chi connectivity index (χ2v) is 6.36. The summed E-state index contributed by atoms with van der Waals surface area (Å²) in [6.45, 7) is -0.417. The molecule has 0 spiro atoms. The van der Waals surface area contributed by atoms with Gasteiger partial charge in [-0.2, -0.15) is 0 Å². The van der Waals surface area contributed by atoms with Gasteiger partial charge in [0.05, 0.1) is 11.6 Å². The highest BCUT2D eigenvalue weighted by atomic mass is 35.5. The molecule has 1 aliphatic rings. The zero-order valence-electron chi connectivity index (χ0n) is 13.3. The third-order valence-electron chi connectivity index (χ3n) is 3.95. The molecule has 3 rings (SSSR count). The third-order valence-corrected chi connectivity index (χ3v) is 4.15. The fourth-order valence-corrected chi connectivity index (χ4v) is 2.83. The molecule has 6 nitrogen and oxygen atoms in total. The SMILES string of the molecule is O=C(COC(=O)c1cc(Cl)[nH]c(=O)c1)N[C@H](c1ccccc1)C1CC1. The summed E-state index contributed by atoms with van der Waals surface area (Å²) in [6.07, 6.45) is 2.12. The topological polar surface area (TPSA) is 88.3 Å². The Morgan fingerprint density at radius 2 is 1.96 bits per heavy atom.